The van der Waals surface area contributed by atoms with E-state index in [0.717, 1.165) is 36.0 Å². The van der Waals surface area contributed by atoms with Crippen molar-refractivity contribution in [3.8, 4) is 5.75 Å². The van der Waals surface area contributed by atoms with E-state index in [1.165, 1.54) is 0 Å². The predicted molar refractivity (Wildman–Crippen MR) is 115 cm³/mol. The Hall–Kier alpha value is -2.36. The van der Waals surface area contributed by atoms with Gasteiger partial charge in [0.2, 0.25) is 0 Å². The van der Waals surface area contributed by atoms with Crippen LogP contribution in [-0.2, 0) is 11.2 Å². The van der Waals surface area contributed by atoms with Crippen LogP contribution in [-0.4, -0.2) is 67.7 Å². The first-order valence-electron chi connectivity index (χ1n) is 10.3. The number of aliphatic hydroxyl groups excluding tert-OH is 1. The van der Waals surface area contributed by atoms with Crippen molar-refractivity contribution in [2.75, 3.05) is 38.2 Å². The maximum Gasteiger partial charge on any atom is 0.407 e. The zero-order valence-electron chi connectivity index (χ0n) is 17.0. The van der Waals surface area contributed by atoms with Gasteiger partial charge in [-0.25, -0.2) is 9.78 Å². The molecule has 2 aliphatic heterocycles. The monoisotopic (exact) mass is 432 g/mol. The van der Waals surface area contributed by atoms with E-state index >= 15 is 0 Å². The van der Waals surface area contributed by atoms with Crippen LogP contribution in [0.15, 0.2) is 35.8 Å². The van der Waals surface area contributed by atoms with Gasteiger partial charge in [-0.1, -0.05) is 12.1 Å². The number of aliphatic hydroxyl groups is 1. The molecule has 0 aliphatic carbocycles. The van der Waals surface area contributed by atoms with E-state index in [9.17, 15) is 9.90 Å². The number of ether oxygens (including phenoxy) is 2. The summed E-state index contributed by atoms with van der Waals surface area (Å²) in [6.45, 7) is 2.79. The van der Waals surface area contributed by atoms with Gasteiger partial charge in [-0.15, -0.1) is 11.3 Å². The summed E-state index contributed by atoms with van der Waals surface area (Å²) in [6.07, 6.45) is 1.70. The summed E-state index contributed by atoms with van der Waals surface area (Å²) in [5, 5.41) is 19.4. The van der Waals surface area contributed by atoms with Crippen molar-refractivity contribution < 1.29 is 19.4 Å². The Morgan fingerprint density at radius 3 is 2.97 bits per heavy atom. The zero-order valence-corrected chi connectivity index (χ0v) is 17.8. The highest BCUT2D eigenvalue weighted by molar-refractivity contribution is 7.13. The van der Waals surface area contributed by atoms with Gasteiger partial charge in [0.25, 0.3) is 0 Å². The molecule has 0 spiro atoms. The minimum Gasteiger partial charge on any atom is -0.497 e. The Morgan fingerprint density at radius 1 is 1.40 bits per heavy atom. The summed E-state index contributed by atoms with van der Waals surface area (Å²) in [7, 11) is 1.63. The summed E-state index contributed by atoms with van der Waals surface area (Å²) in [6, 6.07) is 7.64. The van der Waals surface area contributed by atoms with Crippen molar-refractivity contribution in [1.82, 2.24) is 15.6 Å². The van der Waals surface area contributed by atoms with Crippen molar-refractivity contribution in [2.24, 2.45) is 5.92 Å². The molecule has 0 bridgehead atoms. The normalized spacial score (nSPS) is 26.0. The van der Waals surface area contributed by atoms with E-state index in [1.807, 2.05) is 35.8 Å². The highest BCUT2D eigenvalue weighted by Crippen LogP contribution is 2.25. The zero-order chi connectivity index (χ0) is 20.9. The van der Waals surface area contributed by atoms with Crippen molar-refractivity contribution in [3.05, 3.63) is 41.4 Å². The number of methoxy groups -OCH3 is 1. The number of hydrogen-bond donors (Lipinski definition) is 3. The van der Waals surface area contributed by atoms with Gasteiger partial charge in [-0.2, -0.15) is 0 Å². The molecule has 2 saturated heterocycles. The van der Waals surface area contributed by atoms with E-state index in [0.29, 0.717) is 25.4 Å². The average molecular weight is 433 g/mol. The summed E-state index contributed by atoms with van der Waals surface area (Å²) < 4.78 is 10.8. The van der Waals surface area contributed by atoms with Gasteiger partial charge in [0.05, 0.1) is 13.2 Å². The number of hydrogen-bond acceptors (Lipinski definition) is 8. The quantitative estimate of drug-likeness (QED) is 0.612. The molecule has 0 unspecified atom stereocenters. The van der Waals surface area contributed by atoms with Crippen molar-refractivity contribution in [2.45, 2.75) is 31.1 Å². The number of carbonyl (C=O) groups is 1. The number of β-amino-alcohol motifs (C(OH)–C–C–N with tert-alkyl or cyclic N) is 1. The van der Waals surface area contributed by atoms with E-state index in [1.54, 1.807) is 18.4 Å². The van der Waals surface area contributed by atoms with E-state index < -0.39 is 18.3 Å². The Morgan fingerprint density at radius 2 is 2.23 bits per heavy atom. The fraction of sp³-hybridized carbons (Fsp3) is 0.524. The molecular weight excluding hydrogens is 404 g/mol. The van der Waals surface area contributed by atoms with Crippen molar-refractivity contribution in [1.29, 1.82) is 0 Å². The first kappa shape index (κ1) is 20.9. The molecule has 30 heavy (non-hydrogen) atoms. The molecule has 3 N–H and O–H groups in total. The lowest BCUT2D eigenvalue weighted by molar-refractivity contribution is 0.0186. The van der Waals surface area contributed by atoms with Gasteiger partial charge in [0, 0.05) is 37.8 Å². The second-order valence-electron chi connectivity index (χ2n) is 7.80. The second-order valence-corrected chi connectivity index (χ2v) is 8.67. The maximum absolute atomic E-state index is 12.4. The fourth-order valence-electron chi connectivity index (χ4n) is 4.08. The minimum absolute atomic E-state index is 0.133. The molecule has 2 aromatic rings. The smallest absolute Gasteiger partial charge is 0.407 e. The first-order chi connectivity index (χ1) is 14.6. The third-order valence-electron chi connectivity index (χ3n) is 5.73. The first-order valence-corrected chi connectivity index (χ1v) is 11.1. The van der Waals surface area contributed by atoms with Gasteiger partial charge in [0.15, 0.2) is 5.13 Å². The Labute approximate surface area is 180 Å². The number of nitrogens with one attached hydrogen (secondary N) is 2. The standard InChI is InChI=1S/C21H28N4O4S/c1-28-16-4-2-14(3-5-16)10-17-19(18(26)12-23-17)29-21(27)24-11-15-6-8-25(13-15)20-22-7-9-30-20/h2-5,7,9,15,17-19,23,26H,6,8,10-13H2,1H3,(H,24,27)/t15-,17-,18+,19+/m1/s1. The van der Waals surface area contributed by atoms with Gasteiger partial charge in [-0.3, -0.25) is 0 Å². The highest BCUT2D eigenvalue weighted by atomic mass is 32.1. The highest BCUT2D eigenvalue weighted by Gasteiger charge is 2.38. The van der Waals surface area contributed by atoms with Crippen LogP contribution in [0.4, 0.5) is 9.93 Å². The number of thiazole rings is 1. The number of nitrogens with zero attached hydrogens (tertiary/aromatic N) is 2. The lowest BCUT2D eigenvalue weighted by Crippen LogP contribution is -2.42. The summed E-state index contributed by atoms with van der Waals surface area (Å²) in [5.41, 5.74) is 1.09. The molecule has 2 aliphatic rings. The molecule has 1 aromatic carbocycles. The number of anilines is 1. The molecule has 4 rings (SSSR count). The molecule has 4 atom stereocenters. The third kappa shape index (κ3) is 5.03. The molecule has 8 nitrogen and oxygen atoms in total. The van der Waals surface area contributed by atoms with E-state index in [-0.39, 0.29) is 6.04 Å². The number of carbonyl (C=O) groups excluding carboxylic acids is 1. The number of rotatable bonds is 7. The largest absolute Gasteiger partial charge is 0.497 e. The Kier molecular flexibility index (Phi) is 6.71. The molecule has 1 aromatic heterocycles. The van der Waals surface area contributed by atoms with E-state index in [2.05, 4.69) is 20.5 Å². The average Bonchev–Trinajstić information content (AvgIpc) is 3.51. The van der Waals surface area contributed by atoms with Crippen LogP contribution in [0.5, 0.6) is 5.75 Å². The number of benzene rings is 1. The third-order valence-corrected chi connectivity index (χ3v) is 6.57. The van der Waals surface area contributed by atoms with Crippen LogP contribution >= 0.6 is 11.3 Å². The van der Waals surface area contributed by atoms with Gasteiger partial charge in [0.1, 0.15) is 18.0 Å². The molecule has 162 valence electrons. The molecule has 3 heterocycles. The van der Waals surface area contributed by atoms with Crippen LogP contribution in [0, 0.1) is 5.92 Å². The number of amides is 1. The SMILES string of the molecule is COc1ccc(C[C@H]2NC[C@H](O)[C@H]2OC(=O)NC[C@H]2CCN(c3nccs3)C2)cc1. The Balaban J connectivity index is 1.25. The summed E-state index contributed by atoms with van der Waals surface area (Å²) in [4.78, 5) is 19.0. The van der Waals surface area contributed by atoms with Crippen LogP contribution in [0.25, 0.3) is 0 Å². The molecule has 2 fully saturated rings. The van der Waals surface area contributed by atoms with Crippen LogP contribution < -0.4 is 20.3 Å². The van der Waals surface area contributed by atoms with Gasteiger partial charge < -0.3 is 30.1 Å². The second kappa shape index (κ2) is 9.63. The van der Waals surface area contributed by atoms with E-state index in [4.69, 9.17) is 9.47 Å². The molecule has 9 heteroatoms. The van der Waals surface area contributed by atoms with Crippen molar-refractivity contribution in [3.63, 3.8) is 0 Å². The molecule has 1 amide bonds. The predicted octanol–water partition coefficient (Wildman–Crippen LogP) is 1.65. The number of aromatic nitrogens is 1. The lowest BCUT2D eigenvalue weighted by atomic mass is 10.0. The topological polar surface area (TPSA) is 95.9 Å². The van der Waals surface area contributed by atoms with Gasteiger partial charge in [-0.05, 0) is 36.5 Å². The van der Waals surface area contributed by atoms with Crippen LogP contribution in [0.1, 0.15) is 12.0 Å². The van der Waals surface area contributed by atoms with Crippen molar-refractivity contribution >= 4 is 22.6 Å². The lowest BCUT2D eigenvalue weighted by Gasteiger charge is -2.23. The van der Waals surface area contributed by atoms with Crippen LogP contribution in [0.3, 0.4) is 0 Å². The molecule has 0 saturated carbocycles. The van der Waals surface area contributed by atoms with Crippen LogP contribution in [0.2, 0.25) is 0 Å². The Bertz CT molecular complexity index is 817. The summed E-state index contributed by atoms with van der Waals surface area (Å²) >= 11 is 1.63. The van der Waals surface area contributed by atoms with Gasteiger partial charge >= 0.3 is 6.09 Å². The maximum atomic E-state index is 12.4. The molecule has 0 radical (unpaired) electrons. The molecular formula is C21H28N4O4S. The number of alkyl carbamates (subject to hydrolysis) is 1. The minimum atomic E-state index is -0.717. The summed E-state index contributed by atoms with van der Waals surface area (Å²) in [5.74, 6) is 1.16. The fourth-order valence-corrected chi connectivity index (χ4v) is 4.76.